The number of anilines is 2. The van der Waals surface area contributed by atoms with Crippen LogP contribution in [0.25, 0.3) is 0 Å². The molecule has 2 aliphatic rings. The highest BCUT2D eigenvalue weighted by molar-refractivity contribution is 6.10. The van der Waals surface area contributed by atoms with Gasteiger partial charge in [0.1, 0.15) is 5.82 Å². The van der Waals surface area contributed by atoms with Crippen LogP contribution in [0.4, 0.5) is 11.5 Å². The summed E-state index contributed by atoms with van der Waals surface area (Å²) in [7, 11) is 0. The molecule has 3 heterocycles. The molecule has 1 fully saturated rings. The maximum absolute atomic E-state index is 13.1. The van der Waals surface area contributed by atoms with Gasteiger partial charge in [-0.05, 0) is 30.2 Å². The molecular weight excluding hydrogens is 318 g/mol. The number of aliphatic hydroxyl groups excluding tert-OH is 1. The Morgan fingerprint density at radius 2 is 2.12 bits per heavy atom. The van der Waals surface area contributed by atoms with Crippen LogP contribution in [0, 0.1) is 5.41 Å². The van der Waals surface area contributed by atoms with E-state index in [0.717, 1.165) is 12.1 Å². The fraction of sp³-hybridized carbons (Fsp3) is 0.368. The van der Waals surface area contributed by atoms with Gasteiger partial charge in [-0.25, -0.2) is 4.98 Å². The van der Waals surface area contributed by atoms with Crippen molar-refractivity contribution in [2.45, 2.75) is 6.42 Å². The Bertz CT molecular complexity index is 783. The topological polar surface area (TPSA) is 74.7 Å². The van der Waals surface area contributed by atoms with Gasteiger partial charge < -0.3 is 20.1 Å². The van der Waals surface area contributed by atoms with Gasteiger partial charge in [-0.2, -0.15) is 0 Å². The molecule has 1 aromatic carbocycles. The van der Waals surface area contributed by atoms with E-state index in [9.17, 15) is 9.90 Å². The van der Waals surface area contributed by atoms with Gasteiger partial charge in [0.2, 0.25) is 0 Å². The summed E-state index contributed by atoms with van der Waals surface area (Å²) in [6, 6.07) is 11.6. The number of rotatable bonds is 5. The van der Waals surface area contributed by atoms with E-state index in [4.69, 9.17) is 4.74 Å². The Morgan fingerprint density at radius 1 is 1.28 bits per heavy atom. The molecule has 0 radical (unpaired) electrons. The van der Waals surface area contributed by atoms with Crippen LogP contribution in [-0.2, 0) is 11.2 Å². The largest absolute Gasteiger partial charge is 0.396 e. The predicted octanol–water partition coefficient (Wildman–Crippen LogP) is 1.71. The number of ether oxygens (including phenoxy) is 1. The van der Waals surface area contributed by atoms with E-state index in [1.54, 1.807) is 18.3 Å². The van der Waals surface area contributed by atoms with Crippen molar-refractivity contribution in [3.63, 3.8) is 0 Å². The number of para-hydroxylation sites is 1. The van der Waals surface area contributed by atoms with Crippen molar-refractivity contribution in [2.75, 3.05) is 43.1 Å². The molecule has 0 atom stereocenters. The number of hydrogen-bond donors (Lipinski definition) is 2. The number of hydrogen-bond acceptors (Lipinski definition) is 5. The monoisotopic (exact) mass is 339 g/mol. The molecule has 1 aromatic heterocycles. The number of amides is 1. The average Bonchev–Trinajstić information content (AvgIpc) is 3.05. The van der Waals surface area contributed by atoms with E-state index in [2.05, 4.69) is 16.4 Å². The number of aliphatic hydroxyl groups is 1. The van der Waals surface area contributed by atoms with Crippen molar-refractivity contribution in [3.8, 4) is 0 Å². The zero-order valence-corrected chi connectivity index (χ0v) is 13.9. The summed E-state index contributed by atoms with van der Waals surface area (Å²) in [5.41, 5.74) is 2.44. The Hall–Kier alpha value is -2.44. The lowest BCUT2D eigenvalue weighted by molar-refractivity contribution is -0.128. The van der Waals surface area contributed by atoms with Crippen LogP contribution < -0.4 is 10.2 Å². The first-order valence-corrected chi connectivity index (χ1v) is 8.50. The number of nitrogens with one attached hydrogen (secondary N) is 1. The first-order chi connectivity index (χ1) is 12.2. The second-order valence-corrected chi connectivity index (χ2v) is 6.74. The fourth-order valence-electron chi connectivity index (χ4n) is 3.32. The molecule has 6 heteroatoms. The van der Waals surface area contributed by atoms with Crippen molar-refractivity contribution >= 4 is 17.4 Å². The van der Waals surface area contributed by atoms with Crippen LogP contribution >= 0.6 is 0 Å². The van der Waals surface area contributed by atoms with Gasteiger partial charge in [0.15, 0.2) is 0 Å². The van der Waals surface area contributed by atoms with Gasteiger partial charge in [0, 0.05) is 25.0 Å². The normalized spacial score (nSPS) is 17.7. The zero-order valence-electron chi connectivity index (χ0n) is 13.9. The number of benzene rings is 1. The second kappa shape index (κ2) is 6.46. The van der Waals surface area contributed by atoms with Gasteiger partial charge in [-0.15, -0.1) is 0 Å². The van der Waals surface area contributed by atoms with Crippen molar-refractivity contribution in [3.05, 3.63) is 53.7 Å². The van der Waals surface area contributed by atoms with E-state index in [0.29, 0.717) is 37.7 Å². The molecule has 2 aromatic rings. The summed E-state index contributed by atoms with van der Waals surface area (Å²) in [6.45, 7) is 2.30. The SMILES string of the molecule is O=C(c1cccnc1NCC1(CO)COC1)N1CCc2ccccc21. The molecule has 130 valence electrons. The van der Waals surface area contributed by atoms with Crippen LogP contribution in [0.3, 0.4) is 0 Å². The van der Waals surface area contributed by atoms with E-state index in [-0.39, 0.29) is 17.9 Å². The van der Waals surface area contributed by atoms with Crippen molar-refractivity contribution in [2.24, 2.45) is 5.41 Å². The molecule has 2 N–H and O–H groups in total. The average molecular weight is 339 g/mol. The number of pyridine rings is 1. The Balaban J connectivity index is 1.56. The second-order valence-electron chi connectivity index (χ2n) is 6.74. The minimum absolute atomic E-state index is 0.0512. The number of fused-ring (bicyclic) bond motifs is 1. The highest BCUT2D eigenvalue weighted by atomic mass is 16.5. The summed E-state index contributed by atoms with van der Waals surface area (Å²) < 4.78 is 5.22. The van der Waals surface area contributed by atoms with Crippen LogP contribution in [0.15, 0.2) is 42.6 Å². The number of nitrogens with zero attached hydrogens (tertiary/aromatic N) is 2. The van der Waals surface area contributed by atoms with Gasteiger partial charge in [0.05, 0.1) is 30.8 Å². The molecule has 2 aliphatic heterocycles. The fourth-order valence-corrected chi connectivity index (χ4v) is 3.32. The summed E-state index contributed by atoms with van der Waals surface area (Å²) in [6.07, 6.45) is 2.54. The standard InChI is InChI=1S/C19H21N3O3/c23-11-19(12-25-13-19)10-21-17-15(5-3-8-20-17)18(24)22-9-7-14-4-1-2-6-16(14)22/h1-6,8,23H,7,9-13H2,(H,20,21). The van der Waals surface area contributed by atoms with Crippen molar-refractivity contribution in [1.82, 2.24) is 4.98 Å². The third kappa shape index (κ3) is 2.88. The lowest BCUT2D eigenvalue weighted by Gasteiger charge is -2.40. The summed E-state index contributed by atoms with van der Waals surface area (Å²) >= 11 is 0. The van der Waals surface area contributed by atoms with Crippen LogP contribution in [0.1, 0.15) is 15.9 Å². The number of carbonyl (C=O) groups is 1. The minimum atomic E-state index is -0.280. The predicted molar refractivity (Wildman–Crippen MR) is 94.9 cm³/mol. The van der Waals surface area contributed by atoms with E-state index < -0.39 is 0 Å². The van der Waals surface area contributed by atoms with Gasteiger partial charge in [0.25, 0.3) is 5.91 Å². The molecule has 6 nitrogen and oxygen atoms in total. The maximum atomic E-state index is 13.1. The summed E-state index contributed by atoms with van der Waals surface area (Å²) in [5.74, 6) is 0.500. The Morgan fingerprint density at radius 3 is 2.88 bits per heavy atom. The number of carbonyl (C=O) groups excluding carboxylic acids is 1. The van der Waals surface area contributed by atoms with Gasteiger partial charge in [-0.1, -0.05) is 18.2 Å². The molecule has 0 spiro atoms. The smallest absolute Gasteiger partial charge is 0.262 e. The molecule has 4 rings (SSSR count). The Labute approximate surface area is 146 Å². The lowest BCUT2D eigenvalue weighted by atomic mass is 9.87. The molecule has 25 heavy (non-hydrogen) atoms. The summed E-state index contributed by atoms with van der Waals surface area (Å²) in [4.78, 5) is 19.2. The van der Waals surface area contributed by atoms with Gasteiger partial charge in [-0.3, -0.25) is 4.79 Å². The highest BCUT2D eigenvalue weighted by Crippen LogP contribution is 2.31. The van der Waals surface area contributed by atoms with Crippen LogP contribution in [-0.4, -0.2) is 48.9 Å². The quantitative estimate of drug-likeness (QED) is 0.867. The molecule has 0 unspecified atom stereocenters. The molecule has 1 saturated heterocycles. The van der Waals surface area contributed by atoms with E-state index >= 15 is 0 Å². The summed E-state index contributed by atoms with van der Waals surface area (Å²) in [5, 5.41) is 12.8. The first-order valence-electron chi connectivity index (χ1n) is 8.50. The minimum Gasteiger partial charge on any atom is -0.396 e. The van der Waals surface area contributed by atoms with Crippen molar-refractivity contribution in [1.29, 1.82) is 0 Å². The molecule has 0 aliphatic carbocycles. The molecule has 1 amide bonds. The third-order valence-corrected chi connectivity index (χ3v) is 4.95. The zero-order chi connectivity index (χ0) is 17.3. The van der Waals surface area contributed by atoms with Crippen LogP contribution in [0.2, 0.25) is 0 Å². The van der Waals surface area contributed by atoms with Crippen molar-refractivity contribution < 1.29 is 14.6 Å². The highest BCUT2D eigenvalue weighted by Gasteiger charge is 2.38. The van der Waals surface area contributed by atoms with Gasteiger partial charge >= 0.3 is 0 Å². The third-order valence-electron chi connectivity index (χ3n) is 4.95. The molecule has 0 saturated carbocycles. The Kier molecular flexibility index (Phi) is 4.15. The molecule has 0 bridgehead atoms. The molecular formula is C19H21N3O3. The van der Waals surface area contributed by atoms with Crippen LogP contribution in [0.5, 0.6) is 0 Å². The van der Waals surface area contributed by atoms with E-state index in [1.165, 1.54) is 5.56 Å². The number of aromatic nitrogens is 1. The lowest BCUT2D eigenvalue weighted by Crippen LogP contribution is -2.50. The maximum Gasteiger partial charge on any atom is 0.262 e. The van der Waals surface area contributed by atoms with E-state index in [1.807, 2.05) is 23.1 Å². The first kappa shape index (κ1) is 16.1.